The Balaban J connectivity index is 1.92. The molecule has 0 fully saturated rings. The minimum Gasteiger partial charge on any atom is -0.267 e. The lowest BCUT2D eigenvalue weighted by Crippen LogP contribution is -2.20. The van der Waals surface area contributed by atoms with Gasteiger partial charge in [0.1, 0.15) is 11.6 Å². The van der Waals surface area contributed by atoms with Gasteiger partial charge in [-0.3, -0.25) is 4.79 Å². The Morgan fingerprint density at radius 1 is 0.852 bits per heavy atom. The molecular formula is C21H13F2N3O. The molecule has 4 rings (SSSR count). The second-order valence-corrected chi connectivity index (χ2v) is 5.87. The molecule has 0 N–H and O–H groups in total. The smallest absolute Gasteiger partial charge is 0.267 e. The number of para-hydroxylation sites is 1. The van der Waals surface area contributed by atoms with Crippen LogP contribution in [0.3, 0.4) is 0 Å². The summed E-state index contributed by atoms with van der Waals surface area (Å²) in [7, 11) is 0. The van der Waals surface area contributed by atoms with Crippen LogP contribution in [0.15, 0.2) is 82.7 Å². The zero-order chi connectivity index (χ0) is 18.8. The van der Waals surface area contributed by atoms with Gasteiger partial charge in [-0.15, -0.1) is 0 Å². The Morgan fingerprint density at radius 3 is 2.19 bits per heavy atom. The van der Waals surface area contributed by atoms with Crippen LogP contribution in [-0.2, 0) is 0 Å². The predicted molar refractivity (Wildman–Crippen MR) is 101 cm³/mol. The van der Waals surface area contributed by atoms with Crippen molar-refractivity contribution < 1.29 is 8.78 Å². The van der Waals surface area contributed by atoms with E-state index in [0.29, 0.717) is 22.0 Å². The van der Waals surface area contributed by atoms with E-state index in [0.717, 1.165) is 0 Å². The molecule has 4 nitrogen and oxygen atoms in total. The zero-order valence-electron chi connectivity index (χ0n) is 14.0. The van der Waals surface area contributed by atoms with Crippen LogP contribution in [0.5, 0.6) is 0 Å². The van der Waals surface area contributed by atoms with E-state index in [9.17, 15) is 13.6 Å². The molecule has 6 heteroatoms. The summed E-state index contributed by atoms with van der Waals surface area (Å²) < 4.78 is 27.5. The summed E-state index contributed by atoms with van der Waals surface area (Å²) in [5.74, 6) is -0.455. The summed E-state index contributed by atoms with van der Waals surface area (Å²) >= 11 is 0. The van der Waals surface area contributed by atoms with E-state index in [1.807, 2.05) is 0 Å². The number of hydrogen-bond acceptors (Lipinski definition) is 3. The van der Waals surface area contributed by atoms with E-state index in [2.05, 4.69) is 10.1 Å². The maximum Gasteiger partial charge on any atom is 0.282 e. The molecule has 27 heavy (non-hydrogen) atoms. The molecule has 0 spiro atoms. The fraction of sp³-hybridized carbons (Fsp3) is 0. The largest absolute Gasteiger partial charge is 0.282 e. The first kappa shape index (κ1) is 16.8. The van der Waals surface area contributed by atoms with E-state index in [1.54, 1.807) is 36.4 Å². The standard InChI is InChI=1S/C21H13F2N3O/c22-16-9-5-14(6-10-16)13-24-26-20(15-7-11-17(23)12-8-15)25-19-4-2-1-3-18(19)21(26)27/h1-13H. The number of rotatable bonds is 3. The summed E-state index contributed by atoms with van der Waals surface area (Å²) in [6.45, 7) is 0. The number of nitrogens with zero attached hydrogens (tertiary/aromatic N) is 3. The number of aromatic nitrogens is 2. The SMILES string of the molecule is O=c1c2ccccc2nc(-c2ccc(F)cc2)n1N=Cc1ccc(F)cc1. The van der Waals surface area contributed by atoms with Crippen molar-refractivity contribution in [2.24, 2.45) is 5.10 Å². The molecule has 0 amide bonds. The molecule has 0 aliphatic heterocycles. The Kier molecular flexibility index (Phi) is 4.30. The molecule has 132 valence electrons. The molecule has 0 unspecified atom stereocenters. The van der Waals surface area contributed by atoms with Crippen LogP contribution in [0.1, 0.15) is 5.56 Å². The highest BCUT2D eigenvalue weighted by Gasteiger charge is 2.12. The summed E-state index contributed by atoms with van der Waals surface area (Å²) in [6.07, 6.45) is 1.45. The van der Waals surface area contributed by atoms with Crippen LogP contribution in [0.4, 0.5) is 8.78 Å². The highest BCUT2D eigenvalue weighted by atomic mass is 19.1. The minimum atomic E-state index is -0.386. The topological polar surface area (TPSA) is 47.2 Å². The zero-order valence-corrected chi connectivity index (χ0v) is 14.0. The Morgan fingerprint density at radius 2 is 1.48 bits per heavy atom. The van der Waals surface area contributed by atoms with Crippen LogP contribution in [0, 0.1) is 11.6 Å². The lowest BCUT2D eigenvalue weighted by Gasteiger charge is -2.09. The van der Waals surface area contributed by atoms with Gasteiger partial charge in [-0.25, -0.2) is 13.8 Å². The van der Waals surface area contributed by atoms with Crippen molar-refractivity contribution in [2.75, 3.05) is 0 Å². The third-order valence-electron chi connectivity index (χ3n) is 4.05. The van der Waals surface area contributed by atoms with Gasteiger partial charge in [0.05, 0.1) is 17.1 Å². The fourth-order valence-electron chi connectivity index (χ4n) is 2.69. The third-order valence-corrected chi connectivity index (χ3v) is 4.05. The van der Waals surface area contributed by atoms with Crippen LogP contribution in [0.2, 0.25) is 0 Å². The normalized spacial score (nSPS) is 11.3. The van der Waals surface area contributed by atoms with Crippen molar-refractivity contribution in [3.05, 3.63) is 100 Å². The first-order valence-corrected chi connectivity index (χ1v) is 8.19. The fourth-order valence-corrected chi connectivity index (χ4v) is 2.69. The van der Waals surface area contributed by atoms with Gasteiger partial charge in [-0.1, -0.05) is 24.3 Å². The van der Waals surface area contributed by atoms with Gasteiger partial charge in [0.15, 0.2) is 5.82 Å². The second kappa shape index (κ2) is 6.92. The summed E-state index contributed by atoms with van der Waals surface area (Å²) in [6, 6.07) is 18.3. The van der Waals surface area contributed by atoms with Gasteiger partial charge >= 0.3 is 0 Å². The van der Waals surface area contributed by atoms with Crippen molar-refractivity contribution in [2.45, 2.75) is 0 Å². The molecule has 0 saturated carbocycles. The van der Waals surface area contributed by atoms with Gasteiger partial charge in [-0.2, -0.15) is 9.78 Å². The maximum absolute atomic E-state index is 13.3. The summed E-state index contributed by atoms with van der Waals surface area (Å²) in [4.78, 5) is 17.5. The van der Waals surface area contributed by atoms with E-state index >= 15 is 0 Å². The highest BCUT2D eigenvalue weighted by molar-refractivity contribution is 5.81. The van der Waals surface area contributed by atoms with Gasteiger partial charge in [0, 0.05) is 5.56 Å². The van der Waals surface area contributed by atoms with Crippen molar-refractivity contribution in [1.29, 1.82) is 0 Å². The molecule has 4 aromatic rings. The molecular weight excluding hydrogens is 348 g/mol. The van der Waals surface area contributed by atoms with Crippen LogP contribution in [-0.4, -0.2) is 15.9 Å². The average Bonchev–Trinajstić information content (AvgIpc) is 2.69. The lowest BCUT2D eigenvalue weighted by molar-refractivity contribution is 0.627. The quantitative estimate of drug-likeness (QED) is 0.513. The number of hydrogen-bond donors (Lipinski definition) is 0. The van der Waals surface area contributed by atoms with Gasteiger partial charge in [-0.05, 0) is 54.1 Å². The molecule has 1 heterocycles. The number of halogens is 2. The van der Waals surface area contributed by atoms with Crippen molar-refractivity contribution in [3.8, 4) is 11.4 Å². The van der Waals surface area contributed by atoms with Crippen molar-refractivity contribution >= 4 is 17.1 Å². The second-order valence-electron chi connectivity index (χ2n) is 5.87. The van der Waals surface area contributed by atoms with Crippen LogP contribution >= 0.6 is 0 Å². The van der Waals surface area contributed by atoms with E-state index in [4.69, 9.17) is 0 Å². The number of fused-ring (bicyclic) bond motifs is 1. The Labute approximate surface area is 153 Å². The predicted octanol–water partition coefficient (Wildman–Crippen LogP) is 4.22. The van der Waals surface area contributed by atoms with Gasteiger partial charge < -0.3 is 0 Å². The molecule has 0 bridgehead atoms. The molecule has 1 aromatic heterocycles. The molecule has 0 aliphatic rings. The van der Waals surface area contributed by atoms with Crippen LogP contribution < -0.4 is 5.56 Å². The molecule has 3 aromatic carbocycles. The maximum atomic E-state index is 13.3. The molecule has 0 saturated heterocycles. The summed E-state index contributed by atoms with van der Waals surface area (Å²) in [5.41, 5.74) is 1.35. The van der Waals surface area contributed by atoms with Crippen molar-refractivity contribution in [3.63, 3.8) is 0 Å². The monoisotopic (exact) mass is 361 g/mol. The molecule has 0 aliphatic carbocycles. The van der Waals surface area contributed by atoms with Gasteiger partial charge in [0.25, 0.3) is 5.56 Å². The Hall–Kier alpha value is -3.67. The third kappa shape index (κ3) is 3.37. The van der Waals surface area contributed by atoms with E-state index in [-0.39, 0.29) is 23.0 Å². The molecule has 0 atom stereocenters. The van der Waals surface area contributed by atoms with Crippen molar-refractivity contribution in [1.82, 2.24) is 9.66 Å². The van der Waals surface area contributed by atoms with E-state index in [1.165, 1.54) is 47.3 Å². The average molecular weight is 361 g/mol. The van der Waals surface area contributed by atoms with E-state index < -0.39 is 0 Å². The molecule has 0 radical (unpaired) electrons. The first-order chi connectivity index (χ1) is 13.1. The highest BCUT2D eigenvalue weighted by Crippen LogP contribution is 2.19. The van der Waals surface area contributed by atoms with Gasteiger partial charge in [0.2, 0.25) is 0 Å². The minimum absolute atomic E-state index is 0.289. The van der Waals surface area contributed by atoms with Crippen LogP contribution in [0.25, 0.3) is 22.3 Å². The first-order valence-electron chi connectivity index (χ1n) is 8.19. The Bertz CT molecular complexity index is 1200. The lowest BCUT2D eigenvalue weighted by atomic mass is 10.2. The number of benzene rings is 3. The summed E-state index contributed by atoms with van der Waals surface area (Å²) in [5, 5.41) is 4.67.